The number of hydrogen-bond donors (Lipinski definition) is 1. The molecule has 0 spiro atoms. The number of fused-ring (bicyclic) bond motifs is 1. The predicted molar refractivity (Wildman–Crippen MR) is 143 cm³/mol. The summed E-state index contributed by atoms with van der Waals surface area (Å²) in [4.78, 5) is 4.42. The standard InChI is InChI=1S/C29H27F4N5O2/c1-28(2,39-4)15-34-14-17-10-23(29(31,32)33)25-24(11-17)36-27(40-25)19-7-5-6-18(12-19)21-9-8-20(30)13-22(21)26-37-35-16-38(26)3/h5-13,16,34H,14-15H2,1-4H3. The number of oxazole rings is 1. The molecule has 2 heterocycles. The maximum absolute atomic E-state index is 14.2. The van der Waals surface area contributed by atoms with Crippen LogP contribution >= 0.6 is 0 Å². The van der Waals surface area contributed by atoms with Gasteiger partial charge in [-0.15, -0.1) is 10.2 Å². The molecular formula is C29H27F4N5O2. The molecule has 0 bridgehead atoms. The summed E-state index contributed by atoms with van der Waals surface area (Å²) in [6, 6.07) is 14.0. The maximum Gasteiger partial charge on any atom is 0.420 e. The van der Waals surface area contributed by atoms with E-state index in [1.165, 1.54) is 18.5 Å². The van der Waals surface area contributed by atoms with Gasteiger partial charge in [0.25, 0.3) is 0 Å². The quantitative estimate of drug-likeness (QED) is 0.217. The van der Waals surface area contributed by atoms with E-state index in [9.17, 15) is 17.6 Å². The van der Waals surface area contributed by atoms with Crippen molar-refractivity contribution in [2.24, 2.45) is 7.05 Å². The van der Waals surface area contributed by atoms with Crippen LogP contribution in [0.1, 0.15) is 25.0 Å². The van der Waals surface area contributed by atoms with Crippen molar-refractivity contribution in [3.63, 3.8) is 0 Å². The number of aryl methyl sites for hydroxylation is 1. The van der Waals surface area contributed by atoms with E-state index in [-0.39, 0.29) is 23.5 Å². The molecule has 208 valence electrons. The summed E-state index contributed by atoms with van der Waals surface area (Å²) < 4.78 is 69.0. The highest BCUT2D eigenvalue weighted by atomic mass is 19.4. The largest absolute Gasteiger partial charge is 0.435 e. The van der Waals surface area contributed by atoms with Crippen molar-refractivity contribution >= 4 is 11.1 Å². The summed E-state index contributed by atoms with van der Waals surface area (Å²) in [5.74, 6) is 0.0644. The molecule has 0 amide bonds. The van der Waals surface area contributed by atoms with Crippen molar-refractivity contribution in [2.75, 3.05) is 13.7 Å². The van der Waals surface area contributed by atoms with E-state index in [0.717, 1.165) is 6.07 Å². The fraction of sp³-hybridized carbons (Fsp3) is 0.276. The van der Waals surface area contributed by atoms with Crippen LogP contribution < -0.4 is 5.32 Å². The normalized spacial score (nSPS) is 12.4. The number of hydrogen-bond acceptors (Lipinski definition) is 6. The van der Waals surface area contributed by atoms with Crippen molar-refractivity contribution in [1.82, 2.24) is 25.1 Å². The van der Waals surface area contributed by atoms with Crippen LogP contribution in [0.25, 0.3) is 45.1 Å². The molecule has 5 rings (SSSR count). The third-order valence-electron chi connectivity index (χ3n) is 6.64. The fourth-order valence-electron chi connectivity index (χ4n) is 4.41. The highest BCUT2D eigenvalue weighted by Crippen LogP contribution is 2.39. The number of halogens is 4. The second-order valence-corrected chi connectivity index (χ2v) is 10.1. The summed E-state index contributed by atoms with van der Waals surface area (Å²) in [6.45, 7) is 4.40. The minimum absolute atomic E-state index is 0.0373. The van der Waals surface area contributed by atoms with Gasteiger partial charge in [0.2, 0.25) is 5.89 Å². The molecule has 1 N–H and O–H groups in total. The van der Waals surface area contributed by atoms with E-state index in [1.54, 1.807) is 49.1 Å². The number of benzene rings is 3. The lowest BCUT2D eigenvalue weighted by Gasteiger charge is -2.23. The zero-order valence-corrected chi connectivity index (χ0v) is 22.3. The lowest BCUT2D eigenvalue weighted by atomic mass is 9.97. The first-order chi connectivity index (χ1) is 18.9. The van der Waals surface area contributed by atoms with Crippen LogP contribution in [0.4, 0.5) is 17.6 Å². The predicted octanol–water partition coefficient (Wildman–Crippen LogP) is 6.63. The molecule has 40 heavy (non-hydrogen) atoms. The highest BCUT2D eigenvalue weighted by Gasteiger charge is 2.35. The van der Waals surface area contributed by atoms with Crippen LogP contribution in [0.2, 0.25) is 0 Å². The molecule has 0 unspecified atom stereocenters. The molecule has 0 aliphatic carbocycles. The van der Waals surface area contributed by atoms with Gasteiger partial charge in [0.05, 0.1) is 5.60 Å². The molecule has 11 heteroatoms. The summed E-state index contributed by atoms with van der Waals surface area (Å²) in [7, 11) is 3.33. The molecule has 0 saturated carbocycles. The molecule has 0 radical (unpaired) electrons. The third kappa shape index (κ3) is 5.61. The molecule has 0 fully saturated rings. The van der Waals surface area contributed by atoms with Crippen LogP contribution in [0.15, 0.2) is 65.3 Å². The van der Waals surface area contributed by atoms with Crippen LogP contribution in [0.5, 0.6) is 0 Å². The lowest BCUT2D eigenvalue weighted by molar-refractivity contribution is -0.136. The number of rotatable bonds is 8. The Morgan fingerprint density at radius 3 is 2.48 bits per heavy atom. The van der Waals surface area contributed by atoms with Crippen LogP contribution in [-0.2, 0) is 24.5 Å². The summed E-state index contributed by atoms with van der Waals surface area (Å²) in [5.41, 5.74) is 1.14. The summed E-state index contributed by atoms with van der Waals surface area (Å²) in [5, 5.41) is 11.1. The Hall–Kier alpha value is -4.09. The van der Waals surface area contributed by atoms with Crippen LogP contribution in [-0.4, -0.2) is 39.0 Å². The van der Waals surface area contributed by atoms with Gasteiger partial charge < -0.3 is 19.0 Å². The van der Waals surface area contributed by atoms with Crippen molar-refractivity contribution < 1.29 is 26.7 Å². The first-order valence-electron chi connectivity index (χ1n) is 12.5. The van der Waals surface area contributed by atoms with Gasteiger partial charge in [-0.05, 0) is 66.9 Å². The average molecular weight is 554 g/mol. The van der Waals surface area contributed by atoms with E-state index in [2.05, 4.69) is 20.5 Å². The van der Waals surface area contributed by atoms with E-state index < -0.39 is 23.2 Å². The van der Waals surface area contributed by atoms with Crippen molar-refractivity contribution in [3.8, 4) is 34.0 Å². The molecule has 2 aromatic heterocycles. The SMILES string of the molecule is COC(C)(C)CNCc1cc(C(F)(F)F)c2oc(-c3cccc(-c4ccc(F)cc4-c4nncn4C)c3)nc2c1. The molecule has 7 nitrogen and oxygen atoms in total. The van der Waals surface area contributed by atoms with E-state index in [1.807, 2.05) is 19.9 Å². The van der Waals surface area contributed by atoms with Crippen LogP contribution in [0, 0.1) is 5.82 Å². The molecular weight excluding hydrogens is 526 g/mol. The topological polar surface area (TPSA) is 78.0 Å². The number of methoxy groups -OCH3 is 1. The smallest absolute Gasteiger partial charge is 0.420 e. The van der Waals surface area contributed by atoms with Crippen LogP contribution in [0.3, 0.4) is 0 Å². The Labute approximate surface area is 227 Å². The number of aromatic nitrogens is 4. The Balaban J connectivity index is 1.54. The zero-order chi connectivity index (χ0) is 28.7. The van der Waals surface area contributed by atoms with Crippen molar-refractivity contribution in [1.29, 1.82) is 0 Å². The monoisotopic (exact) mass is 553 g/mol. The molecule has 5 aromatic rings. The second-order valence-electron chi connectivity index (χ2n) is 10.1. The van der Waals surface area contributed by atoms with E-state index in [4.69, 9.17) is 9.15 Å². The molecule has 3 aromatic carbocycles. The number of nitrogens with zero attached hydrogens (tertiary/aromatic N) is 4. The minimum Gasteiger partial charge on any atom is -0.435 e. The van der Waals surface area contributed by atoms with Gasteiger partial charge in [-0.25, -0.2) is 9.37 Å². The first kappa shape index (κ1) is 27.5. The molecule has 0 aliphatic rings. The van der Waals surface area contributed by atoms with E-state index in [0.29, 0.717) is 40.2 Å². The minimum atomic E-state index is -4.64. The Kier molecular flexibility index (Phi) is 7.19. The third-order valence-corrected chi connectivity index (χ3v) is 6.64. The number of alkyl halides is 3. The Bertz CT molecular complexity index is 1670. The van der Waals surface area contributed by atoms with Gasteiger partial charge in [-0.1, -0.05) is 18.2 Å². The second kappa shape index (κ2) is 10.5. The van der Waals surface area contributed by atoms with Crippen molar-refractivity contribution in [3.05, 3.63) is 77.9 Å². The first-order valence-corrected chi connectivity index (χ1v) is 12.5. The maximum atomic E-state index is 14.2. The highest BCUT2D eigenvalue weighted by molar-refractivity contribution is 5.84. The Morgan fingerprint density at radius 1 is 1.00 bits per heavy atom. The molecule has 0 saturated heterocycles. The summed E-state index contributed by atoms with van der Waals surface area (Å²) >= 11 is 0. The van der Waals surface area contributed by atoms with Gasteiger partial charge in [0.1, 0.15) is 23.2 Å². The lowest BCUT2D eigenvalue weighted by Crippen LogP contribution is -2.36. The van der Waals surface area contributed by atoms with E-state index >= 15 is 0 Å². The van der Waals surface area contributed by atoms with Gasteiger partial charge >= 0.3 is 6.18 Å². The zero-order valence-electron chi connectivity index (χ0n) is 22.3. The number of ether oxygens (including phenoxy) is 1. The average Bonchev–Trinajstić information content (AvgIpc) is 3.53. The van der Waals surface area contributed by atoms with Gasteiger partial charge in [-0.3, -0.25) is 0 Å². The van der Waals surface area contributed by atoms with Crippen molar-refractivity contribution in [2.45, 2.75) is 32.2 Å². The van der Waals surface area contributed by atoms with Gasteiger partial charge in [0, 0.05) is 38.4 Å². The van der Waals surface area contributed by atoms with Gasteiger partial charge in [-0.2, -0.15) is 13.2 Å². The Morgan fingerprint density at radius 2 is 1.77 bits per heavy atom. The fourth-order valence-corrected chi connectivity index (χ4v) is 4.41. The van der Waals surface area contributed by atoms with Gasteiger partial charge in [0.15, 0.2) is 11.4 Å². The summed E-state index contributed by atoms with van der Waals surface area (Å²) in [6.07, 6.45) is -3.13. The number of nitrogens with one attached hydrogen (secondary N) is 1. The molecule has 0 aliphatic heterocycles. The molecule has 0 atom stereocenters.